The van der Waals surface area contributed by atoms with Gasteiger partial charge < -0.3 is 4.90 Å². The van der Waals surface area contributed by atoms with Crippen molar-refractivity contribution in [3.63, 3.8) is 0 Å². The van der Waals surface area contributed by atoms with Crippen LogP contribution in [0.1, 0.15) is 12.8 Å². The predicted octanol–water partition coefficient (Wildman–Crippen LogP) is 1.50. The third-order valence-electron chi connectivity index (χ3n) is 3.95. The SMILES string of the molecule is CS(=O)(=O)Nc1cc(Br)cnc1N1CC(N2CCCC2)C1. The van der Waals surface area contributed by atoms with Crippen molar-refractivity contribution in [1.29, 1.82) is 0 Å². The van der Waals surface area contributed by atoms with E-state index in [1.54, 1.807) is 12.3 Å². The number of hydrogen-bond acceptors (Lipinski definition) is 5. The number of nitrogens with one attached hydrogen (secondary N) is 1. The molecule has 2 aliphatic heterocycles. The van der Waals surface area contributed by atoms with Crippen LogP contribution in [-0.4, -0.2) is 56.8 Å². The van der Waals surface area contributed by atoms with Crippen molar-refractivity contribution in [2.45, 2.75) is 18.9 Å². The van der Waals surface area contributed by atoms with Gasteiger partial charge in [-0.1, -0.05) is 0 Å². The Morgan fingerprint density at radius 2 is 2.00 bits per heavy atom. The van der Waals surface area contributed by atoms with Gasteiger partial charge >= 0.3 is 0 Å². The van der Waals surface area contributed by atoms with E-state index in [1.165, 1.54) is 25.9 Å². The van der Waals surface area contributed by atoms with Crippen LogP contribution in [0.25, 0.3) is 0 Å². The molecular formula is C13H19BrN4O2S. The van der Waals surface area contributed by atoms with Crippen LogP contribution < -0.4 is 9.62 Å². The summed E-state index contributed by atoms with van der Waals surface area (Å²) in [5.74, 6) is 0.707. The van der Waals surface area contributed by atoms with Gasteiger partial charge in [0, 0.05) is 29.8 Å². The highest BCUT2D eigenvalue weighted by atomic mass is 79.9. The molecule has 0 atom stereocenters. The summed E-state index contributed by atoms with van der Waals surface area (Å²) in [7, 11) is -3.31. The number of halogens is 1. The molecule has 0 aromatic carbocycles. The Balaban J connectivity index is 1.74. The van der Waals surface area contributed by atoms with Gasteiger partial charge in [-0.15, -0.1) is 0 Å². The molecule has 0 aliphatic carbocycles. The van der Waals surface area contributed by atoms with Crippen molar-refractivity contribution in [3.8, 4) is 0 Å². The van der Waals surface area contributed by atoms with E-state index in [4.69, 9.17) is 0 Å². The highest BCUT2D eigenvalue weighted by Crippen LogP contribution is 2.32. The Labute approximate surface area is 133 Å². The molecule has 0 bridgehead atoms. The first-order chi connectivity index (χ1) is 9.92. The van der Waals surface area contributed by atoms with E-state index in [-0.39, 0.29) is 0 Å². The first-order valence-electron chi connectivity index (χ1n) is 7.05. The van der Waals surface area contributed by atoms with Crippen molar-refractivity contribution in [2.24, 2.45) is 0 Å². The average molecular weight is 375 g/mol. The fourth-order valence-corrected chi connectivity index (χ4v) is 3.81. The zero-order chi connectivity index (χ0) is 15.0. The quantitative estimate of drug-likeness (QED) is 0.864. The Bertz CT molecular complexity index is 625. The minimum Gasteiger partial charge on any atom is -0.352 e. The molecule has 0 amide bonds. The minimum atomic E-state index is -3.31. The lowest BCUT2D eigenvalue weighted by atomic mass is 10.1. The second kappa shape index (κ2) is 5.73. The Morgan fingerprint density at radius 1 is 1.33 bits per heavy atom. The Hall–Kier alpha value is -0.860. The lowest BCUT2D eigenvalue weighted by Crippen LogP contribution is -2.59. The van der Waals surface area contributed by atoms with Gasteiger partial charge in [0.05, 0.1) is 11.9 Å². The van der Waals surface area contributed by atoms with E-state index in [0.29, 0.717) is 17.5 Å². The standard InChI is InChI=1S/C13H19BrN4O2S/c1-21(19,20)16-12-6-10(14)7-15-13(12)18-8-11(9-18)17-4-2-3-5-17/h6-7,11,16H,2-5,8-9H2,1H3. The molecule has 116 valence electrons. The largest absolute Gasteiger partial charge is 0.352 e. The molecule has 8 heteroatoms. The van der Waals surface area contributed by atoms with Crippen molar-refractivity contribution < 1.29 is 8.42 Å². The van der Waals surface area contributed by atoms with Crippen molar-refractivity contribution in [3.05, 3.63) is 16.7 Å². The number of rotatable bonds is 4. The maximum absolute atomic E-state index is 11.5. The highest BCUT2D eigenvalue weighted by molar-refractivity contribution is 9.10. The van der Waals surface area contributed by atoms with E-state index in [1.807, 2.05) is 0 Å². The minimum absolute atomic E-state index is 0.534. The van der Waals surface area contributed by atoms with Crippen LogP contribution in [0, 0.1) is 0 Å². The maximum atomic E-state index is 11.5. The molecule has 0 saturated carbocycles. The fourth-order valence-electron chi connectivity index (χ4n) is 2.92. The molecule has 1 N–H and O–H groups in total. The third kappa shape index (κ3) is 3.49. The Morgan fingerprint density at radius 3 is 2.62 bits per heavy atom. The van der Waals surface area contributed by atoms with Crippen LogP contribution in [0.15, 0.2) is 16.7 Å². The molecule has 0 spiro atoms. The number of hydrogen-bond donors (Lipinski definition) is 1. The van der Waals surface area contributed by atoms with Crippen molar-refractivity contribution in [2.75, 3.05) is 42.1 Å². The topological polar surface area (TPSA) is 65.5 Å². The van der Waals surface area contributed by atoms with E-state index in [9.17, 15) is 8.42 Å². The van der Waals surface area contributed by atoms with Crippen LogP contribution in [0.4, 0.5) is 11.5 Å². The molecule has 0 unspecified atom stereocenters. The van der Waals surface area contributed by atoms with Crippen LogP contribution in [0.5, 0.6) is 0 Å². The van der Waals surface area contributed by atoms with Gasteiger partial charge in [-0.2, -0.15) is 0 Å². The third-order valence-corrected chi connectivity index (χ3v) is 4.97. The molecule has 0 radical (unpaired) electrons. The summed E-state index contributed by atoms with van der Waals surface area (Å²) in [6.45, 7) is 4.18. The van der Waals surface area contributed by atoms with Gasteiger partial charge in [-0.3, -0.25) is 9.62 Å². The molecule has 21 heavy (non-hydrogen) atoms. The number of sulfonamides is 1. The lowest BCUT2D eigenvalue weighted by molar-refractivity contribution is 0.204. The van der Waals surface area contributed by atoms with Crippen molar-refractivity contribution >= 4 is 37.5 Å². The van der Waals surface area contributed by atoms with Gasteiger partial charge in [0.2, 0.25) is 10.0 Å². The second-order valence-corrected chi connectivity index (χ2v) is 8.36. The van der Waals surface area contributed by atoms with Crippen LogP contribution >= 0.6 is 15.9 Å². The summed E-state index contributed by atoms with van der Waals surface area (Å²) in [6.07, 6.45) is 5.43. The molecule has 3 heterocycles. The summed E-state index contributed by atoms with van der Waals surface area (Å²) >= 11 is 3.33. The summed E-state index contributed by atoms with van der Waals surface area (Å²) < 4.78 is 26.3. The van der Waals surface area contributed by atoms with Crippen LogP contribution in [0.3, 0.4) is 0 Å². The van der Waals surface area contributed by atoms with E-state index in [0.717, 1.165) is 23.8 Å². The number of anilines is 2. The number of nitrogens with zero attached hydrogens (tertiary/aromatic N) is 3. The molecule has 1 aromatic heterocycles. The normalized spacial score (nSPS) is 20.6. The first kappa shape index (κ1) is 15.1. The van der Waals surface area contributed by atoms with Gasteiger partial charge in [0.15, 0.2) is 5.82 Å². The maximum Gasteiger partial charge on any atom is 0.229 e. The number of likely N-dealkylation sites (tertiary alicyclic amines) is 1. The summed E-state index contributed by atoms with van der Waals surface area (Å²) in [4.78, 5) is 9.02. The van der Waals surface area contributed by atoms with E-state index >= 15 is 0 Å². The smallest absolute Gasteiger partial charge is 0.229 e. The van der Waals surface area contributed by atoms with E-state index in [2.05, 4.69) is 35.4 Å². The molecule has 2 fully saturated rings. The fraction of sp³-hybridized carbons (Fsp3) is 0.615. The monoisotopic (exact) mass is 374 g/mol. The Kier molecular flexibility index (Phi) is 4.11. The van der Waals surface area contributed by atoms with Crippen LogP contribution in [0.2, 0.25) is 0 Å². The lowest BCUT2D eigenvalue weighted by Gasteiger charge is -2.45. The number of aromatic nitrogens is 1. The molecule has 2 saturated heterocycles. The van der Waals surface area contributed by atoms with Gasteiger partial charge in [-0.25, -0.2) is 13.4 Å². The second-order valence-electron chi connectivity index (χ2n) is 5.70. The first-order valence-corrected chi connectivity index (χ1v) is 9.73. The van der Waals surface area contributed by atoms with E-state index < -0.39 is 10.0 Å². The molecule has 1 aromatic rings. The summed E-state index contributed by atoms with van der Waals surface area (Å²) in [5, 5.41) is 0. The molecular weight excluding hydrogens is 356 g/mol. The molecule has 3 rings (SSSR count). The highest BCUT2D eigenvalue weighted by Gasteiger charge is 2.35. The zero-order valence-corrected chi connectivity index (χ0v) is 14.3. The van der Waals surface area contributed by atoms with Crippen molar-refractivity contribution in [1.82, 2.24) is 9.88 Å². The predicted molar refractivity (Wildman–Crippen MR) is 87.2 cm³/mol. The molecule has 2 aliphatic rings. The molecule has 6 nitrogen and oxygen atoms in total. The zero-order valence-electron chi connectivity index (χ0n) is 11.9. The van der Waals surface area contributed by atoms with Crippen LogP contribution in [-0.2, 0) is 10.0 Å². The van der Waals surface area contributed by atoms with Gasteiger partial charge in [0.1, 0.15) is 0 Å². The number of pyridine rings is 1. The van der Waals surface area contributed by atoms with Gasteiger partial charge in [0.25, 0.3) is 0 Å². The summed E-state index contributed by atoms with van der Waals surface area (Å²) in [6, 6.07) is 2.33. The average Bonchev–Trinajstić information content (AvgIpc) is 2.81. The summed E-state index contributed by atoms with van der Waals surface area (Å²) in [5.41, 5.74) is 0.534. The van der Waals surface area contributed by atoms with Gasteiger partial charge in [-0.05, 0) is 47.9 Å².